The summed E-state index contributed by atoms with van der Waals surface area (Å²) in [4.78, 5) is 20.7. The monoisotopic (exact) mass is 241 g/mol. The molecule has 0 bridgehead atoms. The number of non-ortho nitro benzene ring substituents is 1. The quantitative estimate of drug-likeness (QED) is 0.635. The molecule has 0 radical (unpaired) electrons. The lowest BCUT2D eigenvalue weighted by molar-refractivity contribution is -0.384. The number of nitro benzene ring substituents is 1. The van der Waals surface area contributed by atoms with E-state index in [-0.39, 0.29) is 22.2 Å². The van der Waals surface area contributed by atoms with Crippen molar-refractivity contribution in [2.75, 3.05) is 0 Å². The van der Waals surface area contributed by atoms with E-state index >= 15 is 0 Å². The highest BCUT2D eigenvalue weighted by molar-refractivity contribution is 6.31. The fraction of sp³-hybridized carbons (Fsp3) is 0. The molecule has 7 nitrogen and oxygen atoms in total. The van der Waals surface area contributed by atoms with Gasteiger partial charge in [0.25, 0.3) is 5.69 Å². The molecule has 1 aromatic carbocycles. The van der Waals surface area contributed by atoms with Gasteiger partial charge in [-0.2, -0.15) is 0 Å². The zero-order valence-corrected chi connectivity index (χ0v) is 8.39. The molecule has 0 saturated heterocycles. The van der Waals surface area contributed by atoms with Crippen LogP contribution in [0.15, 0.2) is 27.4 Å². The van der Waals surface area contributed by atoms with Gasteiger partial charge in [-0.25, -0.2) is 9.89 Å². The number of benzene rings is 1. The molecule has 8 heteroatoms. The van der Waals surface area contributed by atoms with Crippen LogP contribution in [-0.2, 0) is 0 Å². The summed E-state index contributed by atoms with van der Waals surface area (Å²) in [6, 6.07) is 3.81. The van der Waals surface area contributed by atoms with Crippen LogP contribution >= 0.6 is 11.6 Å². The number of nitrogens with zero attached hydrogens (tertiary/aromatic N) is 2. The van der Waals surface area contributed by atoms with Gasteiger partial charge in [0.1, 0.15) is 0 Å². The molecule has 0 aliphatic rings. The van der Waals surface area contributed by atoms with Crippen molar-refractivity contribution in [2.45, 2.75) is 0 Å². The molecule has 0 aliphatic heterocycles. The minimum atomic E-state index is -0.738. The van der Waals surface area contributed by atoms with Crippen molar-refractivity contribution in [3.05, 3.63) is 43.9 Å². The molecular weight excluding hydrogens is 238 g/mol. The number of nitro groups is 1. The molecule has 0 spiro atoms. The first kappa shape index (κ1) is 10.4. The van der Waals surface area contributed by atoms with Gasteiger partial charge in [-0.15, -0.1) is 5.10 Å². The van der Waals surface area contributed by atoms with Gasteiger partial charge in [-0.1, -0.05) is 11.6 Å². The van der Waals surface area contributed by atoms with Crippen molar-refractivity contribution in [3.63, 3.8) is 0 Å². The Balaban J connectivity index is 2.57. The topological polar surface area (TPSA) is 102 Å². The molecule has 1 N–H and O–H groups in total. The lowest BCUT2D eigenvalue weighted by Crippen LogP contribution is -1.93. The average molecular weight is 242 g/mol. The van der Waals surface area contributed by atoms with Crippen molar-refractivity contribution in [3.8, 4) is 11.5 Å². The van der Waals surface area contributed by atoms with E-state index in [2.05, 4.69) is 14.6 Å². The Kier molecular flexibility index (Phi) is 2.45. The van der Waals surface area contributed by atoms with Crippen LogP contribution in [0.1, 0.15) is 0 Å². The van der Waals surface area contributed by atoms with E-state index in [0.717, 1.165) is 0 Å². The second-order valence-electron chi connectivity index (χ2n) is 2.87. The Bertz CT molecular complexity index is 603. The first-order valence-electron chi connectivity index (χ1n) is 4.07. The molecule has 1 aromatic heterocycles. The van der Waals surface area contributed by atoms with Crippen molar-refractivity contribution in [1.29, 1.82) is 0 Å². The van der Waals surface area contributed by atoms with Gasteiger partial charge in [0.2, 0.25) is 5.89 Å². The predicted molar refractivity (Wildman–Crippen MR) is 54.2 cm³/mol. The minimum absolute atomic E-state index is 0.0457. The maximum absolute atomic E-state index is 10.7. The third kappa shape index (κ3) is 1.94. The maximum atomic E-state index is 10.7. The third-order valence-corrected chi connectivity index (χ3v) is 2.00. The maximum Gasteiger partial charge on any atom is 0.434 e. The number of halogens is 1. The van der Waals surface area contributed by atoms with Gasteiger partial charge in [0.15, 0.2) is 0 Å². The van der Waals surface area contributed by atoms with Crippen LogP contribution < -0.4 is 5.76 Å². The first-order valence-corrected chi connectivity index (χ1v) is 4.45. The Morgan fingerprint density at radius 2 is 2.19 bits per heavy atom. The van der Waals surface area contributed by atoms with E-state index in [1.165, 1.54) is 18.2 Å². The normalized spacial score (nSPS) is 10.3. The van der Waals surface area contributed by atoms with Gasteiger partial charge < -0.3 is 4.42 Å². The number of aromatic nitrogens is 2. The molecule has 1 heterocycles. The first-order chi connectivity index (χ1) is 7.56. The smallest absolute Gasteiger partial charge is 0.388 e. The van der Waals surface area contributed by atoms with Crippen LogP contribution in [0.2, 0.25) is 5.02 Å². The van der Waals surface area contributed by atoms with Gasteiger partial charge in [-0.3, -0.25) is 10.1 Å². The molecule has 0 aliphatic carbocycles. The van der Waals surface area contributed by atoms with E-state index in [0.29, 0.717) is 0 Å². The van der Waals surface area contributed by atoms with Crippen LogP contribution in [-0.4, -0.2) is 15.1 Å². The van der Waals surface area contributed by atoms with Gasteiger partial charge in [0, 0.05) is 22.7 Å². The van der Waals surface area contributed by atoms with Gasteiger partial charge in [0.05, 0.1) is 4.92 Å². The SMILES string of the molecule is O=c1[nH]nc(-c2cc(Cl)cc([N+](=O)[O-])c2)o1. The van der Waals surface area contributed by atoms with Crippen molar-refractivity contribution in [1.82, 2.24) is 10.2 Å². The highest BCUT2D eigenvalue weighted by Crippen LogP contribution is 2.26. The van der Waals surface area contributed by atoms with Crippen LogP contribution in [0, 0.1) is 10.1 Å². The number of H-pyrrole nitrogens is 1. The van der Waals surface area contributed by atoms with Crippen LogP contribution in [0.4, 0.5) is 5.69 Å². The molecule has 0 amide bonds. The van der Waals surface area contributed by atoms with Crippen LogP contribution in [0.5, 0.6) is 0 Å². The number of hydrogen-bond acceptors (Lipinski definition) is 5. The zero-order chi connectivity index (χ0) is 11.7. The number of hydrogen-bond donors (Lipinski definition) is 1. The van der Waals surface area contributed by atoms with Crippen LogP contribution in [0.25, 0.3) is 11.5 Å². The summed E-state index contributed by atoms with van der Waals surface area (Å²) in [5, 5.41) is 16.3. The molecule has 0 unspecified atom stereocenters. The van der Waals surface area contributed by atoms with E-state index < -0.39 is 10.7 Å². The largest absolute Gasteiger partial charge is 0.434 e. The molecule has 16 heavy (non-hydrogen) atoms. The summed E-state index contributed by atoms with van der Waals surface area (Å²) in [5.41, 5.74) is 0.0608. The van der Waals surface area contributed by atoms with Crippen molar-refractivity contribution >= 4 is 17.3 Å². The fourth-order valence-corrected chi connectivity index (χ4v) is 1.39. The molecule has 0 fully saturated rings. The number of rotatable bonds is 2. The third-order valence-electron chi connectivity index (χ3n) is 1.78. The second kappa shape index (κ2) is 3.78. The second-order valence-corrected chi connectivity index (χ2v) is 3.31. The van der Waals surface area contributed by atoms with Gasteiger partial charge in [-0.05, 0) is 6.07 Å². The van der Waals surface area contributed by atoms with Gasteiger partial charge >= 0.3 is 5.76 Å². The fourth-order valence-electron chi connectivity index (χ4n) is 1.16. The number of aromatic amines is 1. The summed E-state index contributed by atoms with van der Waals surface area (Å²) in [5.74, 6) is -0.784. The highest BCUT2D eigenvalue weighted by atomic mass is 35.5. The number of nitrogens with one attached hydrogen (secondary N) is 1. The Morgan fingerprint density at radius 1 is 1.44 bits per heavy atom. The Morgan fingerprint density at radius 3 is 2.75 bits per heavy atom. The summed E-state index contributed by atoms with van der Waals surface area (Å²) >= 11 is 5.69. The molecule has 0 atom stereocenters. The molecular formula is C8H4ClN3O4. The van der Waals surface area contributed by atoms with E-state index in [9.17, 15) is 14.9 Å². The Hall–Kier alpha value is -2.15. The lowest BCUT2D eigenvalue weighted by atomic mass is 10.2. The highest BCUT2D eigenvalue weighted by Gasteiger charge is 2.13. The molecule has 2 aromatic rings. The molecule has 2 rings (SSSR count). The van der Waals surface area contributed by atoms with E-state index in [4.69, 9.17) is 11.6 Å². The Labute approximate surface area is 92.8 Å². The average Bonchev–Trinajstić information content (AvgIpc) is 2.64. The minimum Gasteiger partial charge on any atom is -0.388 e. The molecule has 0 saturated carbocycles. The summed E-state index contributed by atoms with van der Waals surface area (Å²) < 4.78 is 4.66. The van der Waals surface area contributed by atoms with Crippen molar-refractivity contribution < 1.29 is 9.34 Å². The summed E-state index contributed by atoms with van der Waals surface area (Å²) in [7, 11) is 0. The lowest BCUT2D eigenvalue weighted by Gasteiger charge is -1.96. The zero-order valence-electron chi connectivity index (χ0n) is 7.64. The summed E-state index contributed by atoms with van der Waals surface area (Å²) in [6.07, 6.45) is 0. The summed E-state index contributed by atoms with van der Waals surface area (Å²) in [6.45, 7) is 0. The predicted octanol–water partition coefficient (Wildman–Crippen LogP) is 1.59. The van der Waals surface area contributed by atoms with E-state index in [1.54, 1.807) is 0 Å². The van der Waals surface area contributed by atoms with Crippen LogP contribution in [0.3, 0.4) is 0 Å². The molecule has 82 valence electrons. The van der Waals surface area contributed by atoms with Crippen molar-refractivity contribution in [2.24, 2.45) is 0 Å². The van der Waals surface area contributed by atoms with E-state index in [1.807, 2.05) is 0 Å². The standard InChI is InChI=1S/C8H4ClN3O4/c9-5-1-4(2-6(3-5)12(14)15)7-10-11-8(13)16-7/h1-3H,(H,11,13).